The minimum atomic E-state index is -3.59. The lowest BCUT2D eigenvalue weighted by molar-refractivity contribution is -0.125. The molecule has 3 rings (SSSR count). The van der Waals surface area contributed by atoms with Gasteiger partial charge < -0.3 is 9.88 Å². The molecule has 0 unspecified atom stereocenters. The van der Waals surface area contributed by atoms with E-state index in [9.17, 15) is 13.2 Å². The first-order chi connectivity index (χ1) is 12.5. The van der Waals surface area contributed by atoms with Crippen molar-refractivity contribution in [1.82, 2.24) is 19.2 Å². The summed E-state index contributed by atoms with van der Waals surface area (Å²) in [5.41, 5.74) is 2.10. The van der Waals surface area contributed by atoms with E-state index in [2.05, 4.69) is 9.97 Å². The Hall–Kier alpha value is -2.45. The number of H-pyrrole nitrogens is 1. The van der Waals surface area contributed by atoms with Crippen molar-refractivity contribution >= 4 is 22.0 Å². The van der Waals surface area contributed by atoms with Crippen LogP contribution < -0.4 is 0 Å². The lowest BCUT2D eigenvalue weighted by atomic mass is 10.1. The van der Waals surface area contributed by atoms with Gasteiger partial charge in [-0.05, 0) is 30.5 Å². The molecular formula is C18H22N4O3S. The molecule has 0 aliphatic carbocycles. The average molecular weight is 374 g/mol. The first kappa shape index (κ1) is 18.3. The number of aryl methyl sites for hydroxylation is 1. The number of nitrogens with zero attached hydrogens (tertiary/aromatic N) is 3. The fraction of sp³-hybridized carbons (Fsp3) is 0.333. The molecule has 7 nitrogen and oxygen atoms in total. The summed E-state index contributed by atoms with van der Waals surface area (Å²) in [6.45, 7) is 3.54. The molecule has 0 atom stereocenters. The number of imidazole rings is 1. The highest BCUT2D eigenvalue weighted by atomic mass is 32.2. The Morgan fingerprint density at radius 1 is 1.19 bits per heavy atom. The van der Waals surface area contributed by atoms with Gasteiger partial charge in [-0.2, -0.15) is 4.31 Å². The van der Waals surface area contributed by atoms with Crippen molar-refractivity contribution < 1.29 is 13.2 Å². The van der Waals surface area contributed by atoms with E-state index in [0.717, 1.165) is 11.1 Å². The van der Waals surface area contributed by atoms with Gasteiger partial charge in [0.05, 0.1) is 12.5 Å². The summed E-state index contributed by atoms with van der Waals surface area (Å²) in [6.07, 6.45) is 6.60. The number of hydrogen-bond donors (Lipinski definition) is 1. The van der Waals surface area contributed by atoms with Crippen molar-refractivity contribution in [1.29, 1.82) is 0 Å². The van der Waals surface area contributed by atoms with Crippen molar-refractivity contribution in [3.05, 3.63) is 54.0 Å². The number of aromatic nitrogens is 2. The molecule has 8 heteroatoms. The molecule has 1 aromatic heterocycles. The number of carbonyl (C=O) groups excluding carboxylic acids is 1. The van der Waals surface area contributed by atoms with Gasteiger partial charge in [0.2, 0.25) is 5.91 Å². The molecule has 1 amide bonds. The van der Waals surface area contributed by atoms with Crippen LogP contribution in [0.15, 0.2) is 47.9 Å². The lowest BCUT2D eigenvalue weighted by Crippen LogP contribution is -2.36. The van der Waals surface area contributed by atoms with Gasteiger partial charge in [-0.1, -0.05) is 24.3 Å². The number of hydrogen-bond acceptors (Lipinski definition) is 4. The highest BCUT2D eigenvalue weighted by Gasteiger charge is 2.28. The summed E-state index contributed by atoms with van der Waals surface area (Å²) in [6, 6.07) is 7.84. The van der Waals surface area contributed by atoms with Gasteiger partial charge >= 0.3 is 0 Å². The molecule has 0 spiro atoms. The van der Waals surface area contributed by atoms with Crippen LogP contribution in [0, 0.1) is 6.92 Å². The van der Waals surface area contributed by atoms with Crippen LogP contribution >= 0.6 is 0 Å². The predicted octanol–water partition coefficient (Wildman–Crippen LogP) is 1.65. The van der Waals surface area contributed by atoms with Crippen molar-refractivity contribution in [2.24, 2.45) is 0 Å². The maximum absolute atomic E-state index is 12.6. The van der Waals surface area contributed by atoms with Crippen LogP contribution in [0.3, 0.4) is 0 Å². The molecule has 1 aliphatic heterocycles. The zero-order valence-corrected chi connectivity index (χ0v) is 15.4. The van der Waals surface area contributed by atoms with Crippen molar-refractivity contribution in [3.63, 3.8) is 0 Å². The second-order valence-electron chi connectivity index (χ2n) is 6.19. The standard InChI is InChI=1S/C18H22N4O3S/c1-15-5-2-3-6-16(15)7-8-18(23)21-9-4-10-22(12-11-21)26(24,25)17-13-19-14-20-17/h2-3,5-8,13-14H,4,9-12H2,1H3,(H,19,20). The highest BCUT2D eigenvalue weighted by molar-refractivity contribution is 7.89. The van der Waals surface area contributed by atoms with Crippen molar-refractivity contribution in [2.45, 2.75) is 18.4 Å². The fourth-order valence-electron chi connectivity index (χ4n) is 2.92. The molecule has 1 saturated heterocycles. The van der Waals surface area contributed by atoms with Gasteiger partial charge in [0.1, 0.15) is 0 Å². The van der Waals surface area contributed by atoms with Crippen LogP contribution in [0.2, 0.25) is 0 Å². The van der Waals surface area contributed by atoms with Gasteiger partial charge in [-0.15, -0.1) is 0 Å². The molecule has 138 valence electrons. The number of rotatable bonds is 4. The monoisotopic (exact) mass is 374 g/mol. The zero-order valence-electron chi connectivity index (χ0n) is 14.6. The second-order valence-corrected chi connectivity index (χ2v) is 8.10. The van der Waals surface area contributed by atoms with Crippen molar-refractivity contribution in [2.75, 3.05) is 26.2 Å². The summed E-state index contributed by atoms with van der Waals surface area (Å²) in [5.74, 6) is -0.103. The van der Waals surface area contributed by atoms with Crippen LogP contribution in [0.1, 0.15) is 17.5 Å². The minimum Gasteiger partial charge on any atom is -0.338 e. The van der Waals surface area contributed by atoms with E-state index < -0.39 is 10.0 Å². The predicted molar refractivity (Wildman–Crippen MR) is 98.8 cm³/mol. The first-order valence-electron chi connectivity index (χ1n) is 8.49. The van der Waals surface area contributed by atoms with Crippen LogP contribution in [-0.4, -0.2) is 59.7 Å². The Balaban J connectivity index is 1.65. The SMILES string of the molecule is Cc1ccccc1C=CC(=O)N1CCCN(S(=O)(=O)c2cnc[nH]2)CC1. The molecule has 0 bridgehead atoms. The van der Waals surface area contributed by atoms with Gasteiger partial charge in [0.25, 0.3) is 10.0 Å². The quantitative estimate of drug-likeness (QED) is 0.825. The Morgan fingerprint density at radius 2 is 2.00 bits per heavy atom. The third kappa shape index (κ3) is 4.03. The van der Waals surface area contributed by atoms with Gasteiger partial charge in [-0.25, -0.2) is 13.4 Å². The third-order valence-electron chi connectivity index (χ3n) is 4.45. The Labute approximate surface area is 153 Å². The van der Waals surface area contributed by atoms with Crippen molar-refractivity contribution in [3.8, 4) is 0 Å². The summed E-state index contributed by atoms with van der Waals surface area (Å²) in [7, 11) is -3.59. The van der Waals surface area contributed by atoms with E-state index in [1.807, 2.05) is 37.3 Å². The number of aromatic amines is 1. The van der Waals surface area contributed by atoms with E-state index in [4.69, 9.17) is 0 Å². The number of sulfonamides is 1. The molecule has 0 saturated carbocycles. The number of benzene rings is 1. The normalized spacial score (nSPS) is 16.7. The van der Waals surface area contributed by atoms with Crippen LogP contribution in [0.4, 0.5) is 0 Å². The Kier molecular flexibility index (Phi) is 5.53. The summed E-state index contributed by atoms with van der Waals surface area (Å²) in [5, 5.41) is 0.0803. The van der Waals surface area contributed by atoms with E-state index >= 15 is 0 Å². The maximum Gasteiger partial charge on any atom is 0.260 e. The van der Waals surface area contributed by atoms with Crippen LogP contribution in [-0.2, 0) is 14.8 Å². The van der Waals surface area contributed by atoms with E-state index in [1.165, 1.54) is 16.8 Å². The molecule has 2 heterocycles. The fourth-order valence-corrected chi connectivity index (χ4v) is 4.28. The van der Waals surface area contributed by atoms with Gasteiger partial charge in [-0.3, -0.25) is 4.79 Å². The lowest BCUT2D eigenvalue weighted by Gasteiger charge is -2.20. The molecule has 2 aromatic rings. The number of nitrogens with one attached hydrogen (secondary N) is 1. The van der Waals surface area contributed by atoms with E-state index in [0.29, 0.717) is 26.1 Å². The third-order valence-corrected chi connectivity index (χ3v) is 6.28. The maximum atomic E-state index is 12.6. The van der Waals surface area contributed by atoms with E-state index in [1.54, 1.807) is 11.0 Å². The second kappa shape index (κ2) is 7.84. The first-order valence-corrected chi connectivity index (χ1v) is 9.93. The molecule has 1 aliphatic rings. The molecule has 1 fully saturated rings. The van der Waals surface area contributed by atoms with Crippen LogP contribution in [0.25, 0.3) is 6.08 Å². The number of amides is 1. The Morgan fingerprint density at radius 3 is 2.73 bits per heavy atom. The minimum absolute atomic E-state index is 0.0803. The topological polar surface area (TPSA) is 86.4 Å². The smallest absolute Gasteiger partial charge is 0.260 e. The zero-order chi connectivity index (χ0) is 18.6. The molecule has 1 aromatic carbocycles. The van der Waals surface area contributed by atoms with Gasteiger partial charge in [0, 0.05) is 32.3 Å². The molecule has 0 radical (unpaired) electrons. The summed E-state index contributed by atoms with van der Waals surface area (Å²) in [4.78, 5) is 20.6. The molecular weight excluding hydrogens is 352 g/mol. The molecule has 26 heavy (non-hydrogen) atoms. The van der Waals surface area contributed by atoms with E-state index in [-0.39, 0.29) is 17.5 Å². The summed E-state index contributed by atoms with van der Waals surface area (Å²) >= 11 is 0. The summed E-state index contributed by atoms with van der Waals surface area (Å²) < 4.78 is 26.5. The van der Waals surface area contributed by atoms with Gasteiger partial charge in [0.15, 0.2) is 5.03 Å². The molecule has 1 N–H and O–H groups in total. The highest BCUT2D eigenvalue weighted by Crippen LogP contribution is 2.16. The average Bonchev–Trinajstić information content (AvgIpc) is 3.06. The van der Waals surface area contributed by atoms with Crippen LogP contribution in [0.5, 0.6) is 0 Å². The largest absolute Gasteiger partial charge is 0.338 e. The Bertz CT molecular complexity index is 891. The number of carbonyl (C=O) groups is 1.